The highest BCUT2D eigenvalue weighted by Gasteiger charge is 2.48. The quantitative estimate of drug-likeness (QED) is 0.310. The Bertz CT molecular complexity index is 1470. The van der Waals surface area contributed by atoms with Crippen LogP contribution in [0.2, 0.25) is 0 Å². The van der Waals surface area contributed by atoms with Crippen LogP contribution < -0.4 is 0 Å². The number of amides is 1. The van der Waals surface area contributed by atoms with E-state index in [2.05, 4.69) is 15.0 Å². The number of halogens is 4. The fraction of sp³-hybridized carbons (Fsp3) is 0.393. The third-order valence-electron chi connectivity index (χ3n) is 7.96. The van der Waals surface area contributed by atoms with Crippen LogP contribution in [-0.4, -0.2) is 45.0 Å². The average Bonchev–Trinajstić information content (AvgIpc) is 3.24. The number of pyridine rings is 1. The third kappa shape index (κ3) is 4.45. The molecule has 5 nitrogen and oxygen atoms in total. The second-order valence-electron chi connectivity index (χ2n) is 10.2. The van der Waals surface area contributed by atoms with Crippen LogP contribution in [0, 0.1) is 11.7 Å². The summed E-state index contributed by atoms with van der Waals surface area (Å²) in [5.74, 6) is -2.87. The lowest BCUT2D eigenvalue weighted by molar-refractivity contribution is -0.166. The van der Waals surface area contributed by atoms with Crippen molar-refractivity contribution in [2.24, 2.45) is 5.92 Å². The first kappa shape index (κ1) is 23.9. The molecule has 1 N–H and O–H groups in total. The van der Waals surface area contributed by atoms with E-state index in [1.807, 2.05) is 6.07 Å². The van der Waals surface area contributed by atoms with Crippen LogP contribution in [0.1, 0.15) is 65.7 Å². The molecule has 6 rings (SSSR count). The maximum absolute atomic E-state index is 14.4. The predicted molar refractivity (Wildman–Crippen MR) is 132 cm³/mol. The molecule has 2 aliphatic rings. The Labute approximate surface area is 210 Å². The molecule has 37 heavy (non-hydrogen) atoms. The zero-order valence-corrected chi connectivity index (χ0v) is 20.1. The Kier molecular flexibility index (Phi) is 5.88. The molecule has 1 amide bonds. The number of nitrogens with one attached hydrogen (secondary N) is 1. The molecular weight excluding hydrogens is 484 g/mol. The molecule has 9 heteroatoms. The van der Waals surface area contributed by atoms with Crippen molar-refractivity contribution in [2.45, 2.75) is 50.1 Å². The van der Waals surface area contributed by atoms with E-state index in [1.54, 1.807) is 35.4 Å². The van der Waals surface area contributed by atoms with Gasteiger partial charge in [-0.1, -0.05) is 0 Å². The van der Waals surface area contributed by atoms with Gasteiger partial charge < -0.3 is 9.88 Å². The molecule has 2 fully saturated rings. The Morgan fingerprint density at radius 1 is 1.00 bits per heavy atom. The first-order valence-electron chi connectivity index (χ1n) is 12.7. The number of likely N-dealkylation sites (tertiary alicyclic amines) is 1. The molecule has 1 saturated heterocycles. The van der Waals surface area contributed by atoms with Crippen LogP contribution in [0.15, 0.2) is 48.7 Å². The number of hydrogen-bond donors (Lipinski definition) is 1. The summed E-state index contributed by atoms with van der Waals surface area (Å²) in [4.78, 5) is 25.8. The summed E-state index contributed by atoms with van der Waals surface area (Å²) in [6.07, 6.45) is 0.0741. The topological polar surface area (TPSA) is 61.9 Å². The number of benzene rings is 2. The van der Waals surface area contributed by atoms with Gasteiger partial charge in [0.05, 0.1) is 16.6 Å². The molecule has 192 valence electrons. The molecule has 1 saturated carbocycles. The fourth-order valence-electron chi connectivity index (χ4n) is 5.91. The van der Waals surface area contributed by atoms with E-state index >= 15 is 0 Å². The molecule has 0 radical (unpaired) electrons. The van der Waals surface area contributed by atoms with Gasteiger partial charge in [-0.25, -0.2) is 9.37 Å². The highest BCUT2D eigenvalue weighted by atomic mass is 19.4. The van der Waals surface area contributed by atoms with Gasteiger partial charge in [0.2, 0.25) is 0 Å². The minimum absolute atomic E-state index is 0.0446. The predicted octanol–water partition coefficient (Wildman–Crippen LogP) is 6.72. The summed E-state index contributed by atoms with van der Waals surface area (Å²) >= 11 is 0. The molecule has 1 aliphatic heterocycles. The number of aromatic nitrogens is 3. The van der Waals surface area contributed by atoms with Crippen molar-refractivity contribution >= 4 is 27.8 Å². The highest BCUT2D eigenvalue weighted by Crippen LogP contribution is 2.48. The molecule has 0 bridgehead atoms. The van der Waals surface area contributed by atoms with Gasteiger partial charge in [-0.05, 0) is 92.0 Å². The number of H-pyrrole nitrogens is 1. The number of fused-ring (bicyclic) bond motifs is 2. The Morgan fingerprint density at radius 3 is 2.49 bits per heavy atom. The van der Waals surface area contributed by atoms with E-state index < -0.39 is 18.0 Å². The molecule has 0 spiro atoms. The minimum Gasteiger partial charge on any atom is -0.341 e. The third-order valence-corrected chi connectivity index (χ3v) is 7.96. The van der Waals surface area contributed by atoms with Crippen molar-refractivity contribution in [1.29, 1.82) is 0 Å². The molecule has 4 aromatic rings. The Morgan fingerprint density at radius 2 is 1.78 bits per heavy atom. The number of hydrogen-bond acceptors (Lipinski definition) is 3. The van der Waals surface area contributed by atoms with E-state index in [0.29, 0.717) is 60.9 Å². The van der Waals surface area contributed by atoms with Crippen molar-refractivity contribution in [3.8, 4) is 0 Å². The minimum atomic E-state index is -4.46. The van der Waals surface area contributed by atoms with Gasteiger partial charge >= 0.3 is 6.18 Å². The number of carbonyl (C=O) groups is 1. The second-order valence-corrected chi connectivity index (χ2v) is 10.2. The SMILES string of the molecule is O=C(c1ccc2[nH]c([C@@H](C3CCC(c4ccnc5ccc(F)cc45)CC3)C(F)(F)F)nc2c1)N1CCC1. The van der Waals surface area contributed by atoms with Crippen LogP contribution in [-0.2, 0) is 0 Å². The first-order valence-corrected chi connectivity index (χ1v) is 12.7. The van der Waals surface area contributed by atoms with Gasteiger partial charge in [-0.15, -0.1) is 0 Å². The summed E-state index contributed by atoms with van der Waals surface area (Å²) in [5.41, 5.74) is 2.92. The lowest BCUT2D eigenvalue weighted by Gasteiger charge is -2.34. The van der Waals surface area contributed by atoms with Gasteiger partial charge in [0.25, 0.3) is 5.91 Å². The van der Waals surface area contributed by atoms with Gasteiger partial charge in [-0.3, -0.25) is 9.78 Å². The molecule has 1 atom stereocenters. The molecule has 3 heterocycles. The average molecular weight is 511 g/mol. The van der Waals surface area contributed by atoms with Crippen molar-refractivity contribution in [2.75, 3.05) is 13.1 Å². The maximum atomic E-state index is 14.4. The van der Waals surface area contributed by atoms with Crippen LogP contribution in [0.5, 0.6) is 0 Å². The highest BCUT2D eigenvalue weighted by molar-refractivity contribution is 5.97. The fourth-order valence-corrected chi connectivity index (χ4v) is 5.91. The van der Waals surface area contributed by atoms with Crippen LogP contribution in [0.3, 0.4) is 0 Å². The summed E-state index contributed by atoms with van der Waals surface area (Å²) in [7, 11) is 0. The smallest absolute Gasteiger partial charge is 0.341 e. The van der Waals surface area contributed by atoms with Crippen molar-refractivity contribution in [3.63, 3.8) is 0 Å². The molecule has 2 aromatic carbocycles. The summed E-state index contributed by atoms with van der Waals surface area (Å²) in [5, 5.41) is 0.721. The van der Waals surface area contributed by atoms with E-state index in [-0.39, 0.29) is 23.5 Å². The van der Waals surface area contributed by atoms with Crippen molar-refractivity contribution < 1.29 is 22.4 Å². The first-order chi connectivity index (χ1) is 17.8. The van der Waals surface area contributed by atoms with Gasteiger partial charge in [0, 0.05) is 30.2 Å². The Balaban J connectivity index is 1.25. The number of alkyl halides is 3. The summed E-state index contributed by atoms with van der Waals surface area (Å²) < 4.78 is 57.1. The number of rotatable bonds is 4. The maximum Gasteiger partial charge on any atom is 0.399 e. The van der Waals surface area contributed by atoms with Crippen LogP contribution in [0.25, 0.3) is 21.9 Å². The molecular formula is C28H26F4N4O. The zero-order valence-electron chi connectivity index (χ0n) is 20.1. The summed E-state index contributed by atoms with van der Waals surface area (Å²) in [6, 6.07) is 11.2. The van der Waals surface area contributed by atoms with E-state index in [0.717, 1.165) is 17.4 Å². The second kappa shape index (κ2) is 9.11. The van der Waals surface area contributed by atoms with Crippen molar-refractivity contribution in [3.05, 3.63) is 71.4 Å². The van der Waals surface area contributed by atoms with E-state index in [1.165, 1.54) is 12.1 Å². The number of imidazole rings is 1. The van der Waals surface area contributed by atoms with Gasteiger partial charge in [0.1, 0.15) is 17.6 Å². The lowest BCUT2D eigenvalue weighted by Crippen LogP contribution is -2.41. The molecule has 0 unspecified atom stereocenters. The van der Waals surface area contributed by atoms with Crippen molar-refractivity contribution in [1.82, 2.24) is 19.9 Å². The van der Waals surface area contributed by atoms with E-state index in [4.69, 9.17) is 0 Å². The number of carbonyl (C=O) groups excluding carboxylic acids is 1. The number of aromatic amines is 1. The normalized spacial score (nSPS) is 21.2. The van der Waals surface area contributed by atoms with Crippen LogP contribution >= 0.6 is 0 Å². The standard InChI is InChI=1S/C28H26F4N4O/c29-19-7-9-22-21(15-19)20(10-11-33-22)16-2-4-17(5-3-16)25(28(30,31)32)26-34-23-8-6-18(14-24(23)35-26)27(37)36-12-1-13-36/h6-11,14-17,25H,1-5,12-13H2,(H,34,35)/t16?,17?,25-/m1/s1. The van der Waals surface area contributed by atoms with Gasteiger partial charge in [-0.2, -0.15) is 13.2 Å². The van der Waals surface area contributed by atoms with E-state index in [9.17, 15) is 22.4 Å². The number of nitrogens with zero attached hydrogens (tertiary/aromatic N) is 3. The summed E-state index contributed by atoms with van der Waals surface area (Å²) in [6.45, 7) is 1.40. The monoisotopic (exact) mass is 510 g/mol. The van der Waals surface area contributed by atoms with Crippen LogP contribution in [0.4, 0.5) is 17.6 Å². The molecule has 2 aromatic heterocycles. The zero-order chi connectivity index (χ0) is 25.7. The lowest BCUT2D eigenvalue weighted by atomic mass is 9.73. The largest absolute Gasteiger partial charge is 0.399 e. The van der Waals surface area contributed by atoms with Gasteiger partial charge in [0.15, 0.2) is 0 Å². The molecule has 1 aliphatic carbocycles. The Hall–Kier alpha value is -3.49.